The zero-order valence-electron chi connectivity index (χ0n) is 22.9. The Kier molecular flexibility index (Phi) is 8.19. The molecule has 7 nitrogen and oxygen atoms in total. The molecule has 1 aliphatic rings. The third-order valence-electron chi connectivity index (χ3n) is 6.53. The summed E-state index contributed by atoms with van der Waals surface area (Å²) in [4.78, 5) is 40.3. The number of carbonyl (C=O) groups is 3. The van der Waals surface area contributed by atoms with E-state index in [9.17, 15) is 19.5 Å². The molecule has 1 heterocycles. The summed E-state index contributed by atoms with van der Waals surface area (Å²) in [6.07, 6.45) is -0.0128. The molecule has 1 unspecified atom stereocenters. The van der Waals surface area contributed by atoms with Crippen molar-refractivity contribution in [1.82, 2.24) is 4.90 Å². The van der Waals surface area contributed by atoms with Crippen molar-refractivity contribution < 1.29 is 29.0 Å². The predicted molar refractivity (Wildman–Crippen MR) is 148 cm³/mol. The molecule has 202 valence electrons. The summed E-state index contributed by atoms with van der Waals surface area (Å²) >= 11 is 0. The van der Waals surface area contributed by atoms with Crippen LogP contribution >= 0.6 is 0 Å². The van der Waals surface area contributed by atoms with Gasteiger partial charge in [0.15, 0.2) is 0 Å². The topological polar surface area (TPSA) is 93.1 Å². The van der Waals surface area contributed by atoms with Gasteiger partial charge in [0.2, 0.25) is 0 Å². The van der Waals surface area contributed by atoms with Crippen molar-refractivity contribution >= 4 is 23.4 Å². The number of benzene rings is 3. The summed E-state index contributed by atoms with van der Waals surface area (Å²) in [7, 11) is 0. The molecule has 0 spiro atoms. The van der Waals surface area contributed by atoms with Crippen LogP contribution in [0.2, 0.25) is 0 Å². The number of esters is 1. The lowest BCUT2D eigenvalue weighted by Crippen LogP contribution is -2.29. The predicted octanol–water partition coefficient (Wildman–Crippen LogP) is 5.89. The van der Waals surface area contributed by atoms with Gasteiger partial charge in [0, 0.05) is 12.1 Å². The van der Waals surface area contributed by atoms with Crippen molar-refractivity contribution in [3.05, 3.63) is 106 Å². The van der Waals surface area contributed by atoms with Crippen LogP contribution < -0.4 is 4.74 Å². The highest BCUT2D eigenvalue weighted by Gasteiger charge is 2.46. The van der Waals surface area contributed by atoms with Gasteiger partial charge in [0.25, 0.3) is 11.7 Å². The zero-order chi connectivity index (χ0) is 28.3. The van der Waals surface area contributed by atoms with Crippen LogP contribution in [0.15, 0.2) is 72.3 Å². The molecule has 0 radical (unpaired) electrons. The maximum atomic E-state index is 13.4. The Morgan fingerprint density at radius 1 is 0.974 bits per heavy atom. The lowest BCUT2D eigenvalue weighted by molar-refractivity contribution is -0.140. The summed E-state index contributed by atoms with van der Waals surface area (Å²) in [6.45, 7) is 9.79. The standard InChI is InChI=1S/C32H33NO6/c1-6-38-32(37)23-12-10-22(11-13-23)18-33-28(24-9-7-8-20(4)16-24)27(30(35)31(33)36)29(34)25-14-15-26(21(5)17-25)39-19(2)3/h7-17,19,28,34H,6,18H2,1-5H3/b29-27-. The SMILES string of the molecule is CCOC(=O)c1ccc(CN2C(=O)C(=O)/C(=C(\O)c3ccc(OC(C)C)c(C)c3)C2c2cccc(C)c2)cc1. The van der Waals surface area contributed by atoms with E-state index in [1.807, 2.05) is 52.0 Å². The zero-order valence-corrected chi connectivity index (χ0v) is 22.9. The fraction of sp³-hybridized carbons (Fsp3) is 0.281. The molecule has 0 bridgehead atoms. The summed E-state index contributed by atoms with van der Waals surface area (Å²) in [5, 5.41) is 11.4. The van der Waals surface area contributed by atoms with E-state index in [2.05, 4.69) is 0 Å². The number of Topliss-reactive ketones (excluding diaryl/α,β-unsaturated/α-hetero) is 1. The number of ether oxygens (including phenoxy) is 2. The smallest absolute Gasteiger partial charge is 0.338 e. The Balaban J connectivity index is 1.76. The average Bonchev–Trinajstić information content (AvgIpc) is 3.14. The second-order valence-electron chi connectivity index (χ2n) is 9.91. The van der Waals surface area contributed by atoms with Crippen molar-refractivity contribution in [2.24, 2.45) is 0 Å². The lowest BCUT2D eigenvalue weighted by atomic mass is 9.94. The van der Waals surface area contributed by atoms with Crippen LogP contribution in [0.3, 0.4) is 0 Å². The Morgan fingerprint density at radius 3 is 2.28 bits per heavy atom. The van der Waals surface area contributed by atoms with E-state index < -0.39 is 23.7 Å². The number of nitrogens with zero attached hydrogens (tertiary/aromatic N) is 1. The number of likely N-dealkylation sites (tertiary alicyclic amines) is 1. The normalized spacial score (nSPS) is 16.6. The summed E-state index contributed by atoms with van der Waals surface area (Å²) in [5.74, 6) is -1.43. The first-order valence-corrected chi connectivity index (χ1v) is 13.0. The van der Waals surface area contributed by atoms with Gasteiger partial charge in [-0.3, -0.25) is 9.59 Å². The van der Waals surface area contributed by atoms with E-state index >= 15 is 0 Å². The molecule has 3 aromatic carbocycles. The van der Waals surface area contributed by atoms with E-state index in [4.69, 9.17) is 9.47 Å². The minimum Gasteiger partial charge on any atom is -0.507 e. The van der Waals surface area contributed by atoms with Gasteiger partial charge in [-0.25, -0.2) is 4.79 Å². The van der Waals surface area contributed by atoms with Gasteiger partial charge in [-0.2, -0.15) is 0 Å². The van der Waals surface area contributed by atoms with Gasteiger partial charge in [-0.1, -0.05) is 42.0 Å². The van der Waals surface area contributed by atoms with Crippen molar-refractivity contribution in [3.63, 3.8) is 0 Å². The van der Waals surface area contributed by atoms with Crippen molar-refractivity contribution in [2.75, 3.05) is 6.61 Å². The number of hydrogen-bond acceptors (Lipinski definition) is 6. The van der Waals surface area contributed by atoms with Crippen LogP contribution in [0.4, 0.5) is 0 Å². The van der Waals surface area contributed by atoms with E-state index in [1.165, 1.54) is 4.90 Å². The maximum absolute atomic E-state index is 13.4. The third kappa shape index (κ3) is 5.87. The second-order valence-corrected chi connectivity index (χ2v) is 9.91. The molecule has 1 atom stereocenters. The molecule has 1 aliphatic heterocycles. The Bertz CT molecular complexity index is 1440. The first-order chi connectivity index (χ1) is 18.6. The highest BCUT2D eigenvalue weighted by molar-refractivity contribution is 6.46. The molecule has 39 heavy (non-hydrogen) atoms. The summed E-state index contributed by atoms with van der Waals surface area (Å²) in [6, 6.07) is 18.7. The van der Waals surface area contributed by atoms with Crippen LogP contribution in [0, 0.1) is 13.8 Å². The van der Waals surface area contributed by atoms with E-state index in [0.29, 0.717) is 16.9 Å². The van der Waals surface area contributed by atoms with Crippen molar-refractivity contribution in [1.29, 1.82) is 0 Å². The highest BCUT2D eigenvalue weighted by Crippen LogP contribution is 2.41. The van der Waals surface area contributed by atoms with Crippen molar-refractivity contribution in [2.45, 2.75) is 53.3 Å². The molecule has 1 saturated heterocycles. The van der Waals surface area contributed by atoms with Gasteiger partial charge >= 0.3 is 5.97 Å². The first-order valence-electron chi connectivity index (χ1n) is 13.0. The molecule has 0 saturated carbocycles. The van der Waals surface area contributed by atoms with Crippen LogP contribution in [0.1, 0.15) is 65.0 Å². The minimum atomic E-state index is -0.790. The fourth-order valence-electron chi connectivity index (χ4n) is 4.73. The van der Waals surface area contributed by atoms with Crippen molar-refractivity contribution in [3.8, 4) is 5.75 Å². The fourth-order valence-corrected chi connectivity index (χ4v) is 4.73. The number of aliphatic hydroxyl groups excluding tert-OH is 1. The average molecular weight is 528 g/mol. The van der Waals surface area contributed by atoms with Gasteiger partial charge < -0.3 is 19.5 Å². The molecule has 4 rings (SSSR count). The monoisotopic (exact) mass is 527 g/mol. The molecule has 1 fully saturated rings. The van der Waals surface area contributed by atoms with Gasteiger partial charge in [-0.15, -0.1) is 0 Å². The Labute approximate surface area is 228 Å². The van der Waals surface area contributed by atoms with E-state index in [-0.39, 0.29) is 30.6 Å². The van der Waals surface area contributed by atoms with Gasteiger partial charge in [-0.05, 0) is 81.6 Å². The minimum absolute atomic E-state index is 0.0128. The Morgan fingerprint density at radius 2 is 1.67 bits per heavy atom. The summed E-state index contributed by atoms with van der Waals surface area (Å²) < 4.78 is 10.9. The summed E-state index contributed by atoms with van der Waals surface area (Å²) in [5.41, 5.74) is 4.07. The van der Waals surface area contributed by atoms with Crippen LogP contribution in [0.5, 0.6) is 5.75 Å². The van der Waals surface area contributed by atoms with E-state index in [0.717, 1.165) is 22.3 Å². The number of aliphatic hydroxyl groups is 1. The van der Waals surface area contributed by atoms with Gasteiger partial charge in [0.05, 0.1) is 29.9 Å². The quantitative estimate of drug-likeness (QED) is 0.170. The molecular formula is C32H33NO6. The third-order valence-corrected chi connectivity index (χ3v) is 6.53. The number of hydrogen-bond donors (Lipinski definition) is 1. The first kappa shape index (κ1) is 27.6. The Hall–Kier alpha value is -4.39. The number of carbonyl (C=O) groups excluding carboxylic acids is 3. The van der Waals surface area contributed by atoms with Crippen LogP contribution in [0.25, 0.3) is 5.76 Å². The van der Waals surface area contributed by atoms with E-state index in [1.54, 1.807) is 49.4 Å². The maximum Gasteiger partial charge on any atom is 0.338 e. The molecule has 0 aliphatic carbocycles. The molecule has 1 N–H and O–H groups in total. The number of amides is 1. The molecule has 1 amide bonds. The largest absolute Gasteiger partial charge is 0.507 e. The number of aryl methyl sites for hydroxylation is 2. The molecule has 3 aromatic rings. The lowest BCUT2D eigenvalue weighted by Gasteiger charge is -2.26. The van der Waals surface area contributed by atoms with Crippen LogP contribution in [-0.4, -0.2) is 40.4 Å². The molecule has 7 heteroatoms. The van der Waals surface area contributed by atoms with Gasteiger partial charge in [0.1, 0.15) is 11.5 Å². The molecule has 0 aromatic heterocycles. The second kappa shape index (κ2) is 11.6. The highest BCUT2D eigenvalue weighted by atomic mass is 16.5. The molecular weight excluding hydrogens is 494 g/mol. The number of rotatable bonds is 8. The van der Waals surface area contributed by atoms with Crippen LogP contribution in [-0.2, 0) is 20.9 Å². The number of ketones is 1.